The first-order valence-electron chi connectivity index (χ1n) is 5.35. The van der Waals surface area contributed by atoms with Crippen molar-refractivity contribution < 1.29 is 4.39 Å². The standard InChI is InChI=1S/C13H9BrFN3/c14-9-3-1-2-8(12(9)16)13-17-10-5-4-7(15)6-11(10)18-13/h1-6H,16H2,(H,17,18). The maximum Gasteiger partial charge on any atom is 0.140 e. The van der Waals surface area contributed by atoms with Gasteiger partial charge < -0.3 is 10.7 Å². The Kier molecular flexibility index (Phi) is 2.56. The molecule has 0 aliphatic rings. The van der Waals surface area contributed by atoms with Gasteiger partial charge in [0, 0.05) is 10.0 Å². The lowest BCUT2D eigenvalue weighted by molar-refractivity contribution is 0.629. The zero-order valence-corrected chi connectivity index (χ0v) is 10.8. The van der Waals surface area contributed by atoms with Crippen LogP contribution in [0.25, 0.3) is 22.4 Å². The molecule has 0 spiro atoms. The molecule has 0 unspecified atom stereocenters. The average molecular weight is 306 g/mol. The monoisotopic (exact) mass is 305 g/mol. The van der Waals surface area contributed by atoms with E-state index >= 15 is 0 Å². The van der Waals surface area contributed by atoms with E-state index in [-0.39, 0.29) is 5.82 Å². The molecule has 18 heavy (non-hydrogen) atoms. The number of benzene rings is 2. The lowest BCUT2D eigenvalue weighted by atomic mass is 10.2. The van der Waals surface area contributed by atoms with Gasteiger partial charge >= 0.3 is 0 Å². The summed E-state index contributed by atoms with van der Waals surface area (Å²) in [6.07, 6.45) is 0. The highest BCUT2D eigenvalue weighted by atomic mass is 79.9. The number of hydrogen-bond donors (Lipinski definition) is 2. The van der Waals surface area contributed by atoms with Gasteiger partial charge in [-0.15, -0.1) is 0 Å². The fraction of sp³-hybridized carbons (Fsp3) is 0. The number of nitrogen functional groups attached to an aromatic ring is 1. The Hall–Kier alpha value is -1.88. The predicted molar refractivity (Wildman–Crippen MR) is 73.6 cm³/mol. The molecule has 0 fully saturated rings. The molecule has 1 heterocycles. The van der Waals surface area contributed by atoms with Crippen LogP contribution in [0.2, 0.25) is 0 Å². The van der Waals surface area contributed by atoms with Crippen LogP contribution >= 0.6 is 15.9 Å². The van der Waals surface area contributed by atoms with Gasteiger partial charge in [-0.05, 0) is 46.3 Å². The summed E-state index contributed by atoms with van der Waals surface area (Å²) in [5.74, 6) is 0.342. The Morgan fingerprint density at radius 2 is 2.06 bits per heavy atom. The van der Waals surface area contributed by atoms with Crippen molar-refractivity contribution in [2.24, 2.45) is 0 Å². The molecule has 0 saturated heterocycles. The Morgan fingerprint density at radius 3 is 2.89 bits per heavy atom. The van der Waals surface area contributed by atoms with Gasteiger partial charge in [0.15, 0.2) is 0 Å². The minimum absolute atomic E-state index is 0.292. The lowest BCUT2D eigenvalue weighted by Gasteiger charge is -2.03. The molecule has 1 aromatic heterocycles. The van der Waals surface area contributed by atoms with Crippen LogP contribution in [-0.2, 0) is 0 Å². The number of aromatic amines is 1. The van der Waals surface area contributed by atoms with E-state index in [0.29, 0.717) is 22.5 Å². The number of rotatable bonds is 1. The summed E-state index contributed by atoms with van der Waals surface area (Å²) in [5.41, 5.74) is 8.76. The second kappa shape index (κ2) is 4.10. The first-order valence-corrected chi connectivity index (χ1v) is 6.14. The van der Waals surface area contributed by atoms with Crippen molar-refractivity contribution in [1.29, 1.82) is 0 Å². The van der Waals surface area contributed by atoms with E-state index < -0.39 is 0 Å². The van der Waals surface area contributed by atoms with Gasteiger partial charge in [-0.1, -0.05) is 6.07 Å². The summed E-state index contributed by atoms with van der Waals surface area (Å²) in [4.78, 5) is 7.47. The number of nitrogens with two attached hydrogens (primary N) is 1. The third-order valence-electron chi connectivity index (χ3n) is 2.75. The van der Waals surface area contributed by atoms with E-state index in [1.165, 1.54) is 12.1 Å². The number of nitrogens with one attached hydrogen (secondary N) is 1. The maximum atomic E-state index is 13.1. The molecule has 5 heteroatoms. The molecule has 90 valence electrons. The third-order valence-corrected chi connectivity index (χ3v) is 3.44. The van der Waals surface area contributed by atoms with E-state index in [1.807, 2.05) is 18.2 Å². The Morgan fingerprint density at radius 1 is 1.22 bits per heavy atom. The smallest absolute Gasteiger partial charge is 0.140 e. The van der Waals surface area contributed by atoms with Gasteiger partial charge in [0.2, 0.25) is 0 Å². The maximum absolute atomic E-state index is 13.1. The second-order valence-corrected chi connectivity index (χ2v) is 4.80. The van der Waals surface area contributed by atoms with Crippen molar-refractivity contribution in [3.05, 3.63) is 46.7 Å². The molecule has 0 atom stereocenters. The molecule has 3 aromatic rings. The van der Waals surface area contributed by atoms with Crippen molar-refractivity contribution in [1.82, 2.24) is 9.97 Å². The van der Waals surface area contributed by atoms with Crippen molar-refractivity contribution >= 4 is 32.7 Å². The van der Waals surface area contributed by atoms with Crippen molar-refractivity contribution in [3.63, 3.8) is 0 Å². The van der Waals surface area contributed by atoms with E-state index in [0.717, 1.165) is 10.0 Å². The number of fused-ring (bicyclic) bond motifs is 1. The largest absolute Gasteiger partial charge is 0.397 e. The molecule has 0 radical (unpaired) electrons. The normalized spacial score (nSPS) is 11.0. The third kappa shape index (κ3) is 1.76. The Balaban J connectivity index is 2.22. The van der Waals surface area contributed by atoms with Crippen LogP contribution in [-0.4, -0.2) is 9.97 Å². The first kappa shape index (κ1) is 11.2. The van der Waals surface area contributed by atoms with Crippen molar-refractivity contribution in [3.8, 4) is 11.4 Å². The van der Waals surface area contributed by atoms with Crippen LogP contribution in [0.3, 0.4) is 0 Å². The van der Waals surface area contributed by atoms with Crippen LogP contribution in [0, 0.1) is 5.82 Å². The number of hydrogen-bond acceptors (Lipinski definition) is 2. The minimum atomic E-state index is -0.292. The number of anilines is 1. The topological polar surface area (TPSA) is 54.7 Å². The molecule has 0 aliphatic heterocycles. The van der Waals surface area contributed by atoms with E-state index in [4.69, 9.17) is 5.73 Å². The molecule has 0 amide bonds. The summed E-state index contributed by atoms with van der Waals surface area (Å²) < 4.78 is 13.9. The van der Waals surface area contributed by atoms with Crippen molar-refractivity contribution in [2.45, 2.75) is 0 Å². The molecule has 0 saturated carbocycles. The number of para-hydroxylation sites is 1. The van der Waals surface area contributed by atoms with E-state index in [1.54, 1.807) is 6.07 Å². The Bertz CT molecular complexity index is 736. The van der Waals surface area contributed by atoms with Gasteiger partial charge in [-0.3, -0.25) is 0 Å². The van der Waals surface area contributed by atoms with Gasteiger partial charge in [0.1, 0.15) is 11.6 Å². The van der Waals surface area contributed by atoms with Crippen LogP contribution in [0.15, 0.2) is 40.9 Å². The molecule has 2 aromatic carbocycles. The highest BCUT2D eigenvalue weighted by Crippen LogP contribution is 2.31. The van der Waals surface area contributed by atoms with Crippen LogP contribution < -0.4 is 5.73 Å². The zero-order valence-electron chi connectivity index (χ0n) is 9.24. The summed E-state index contributed by atoms with van der Waals surface area (Å²) in [6.45, 7) is 0. The fourth-order valence-electron chi connectivity index (χ4n) is 1.85. The summed E-state index contributed by atoms with van der Waals surface area (Å²) in [5, 5.41) is 0. The molecule has 3 N–H and O–H groups in total. The quantitative estimate of drug-likeness (QED) is 0.673. The Labute approximate surface area is 111 Å². The van der Waals surface area contributed by atoms with Gasteiger partial charge in [-0.2, -0.15) is 0 Å². The minimum Gasteiger partial charge on any atom is -0.397 e. The summed E-state index contributed by atoms with van der Waals surface area (Å²) in [6, 6.07) is 10.1. The van der Waals surface area contributed by atoms with Crippen LogP contribution in [0.1, 0.15) is 0 Å². The second-order valence-electron chi connectivity index (χ2n) is 3.95. The molecule has 3 rings (SSSR count). The van der Waals surface area contributed by atoms with Crippen LogP contribution in [0.4, 0.5) is 10.1 Å². The molecule has 0 aliphatic carbocycles. The lowest BCUT2D eigenvalue weighted by Crippen LogP contribution is -1.92. The van der Waals surface area contributed by atoms with E-state index in [9.17, 15) is 4.39 Å². The highest BCUT2D eigenvalue weighted by Gasteiger charge is 2.10. The summed E-state index contributed by atoms with van der Waals surface area (Å²) >= 11 is 3.37. The number of halogens is 2. The molecule has 3 nitrogen and oxygen atoms in total. The molecule has 0 bridgehead atoms. The van der Waals surface area contributed by atoms with Gasteiger partial charge in [0.05, 0.1) is 16.7 Å². The number of aromatic nitrogens is 2. The van der Waals surface area contributed by atoms with Crippen molar-refractivity contribution in [2.75, 3.05) is 5.73 Å². The first-order chi connectivity index (χ1) is 8.65. The predicted octanol–water partition coefficient (Wildman–Crippen LogP) is 3.71. The fourth-order valence-corrected chi connectivity index (χ4v) is 2.22. The highest BCUT2D eigenvalue weighted by molar-refractivity contribution is 9.10. The number of imidazole rings is 1. The number of nitrogens with zero attached hydrogens (tertiary/aromatic N) is 1. The van der Waals surface area contributed by atoms with Gasteiger partial charge in [-0.25, -0.2) is 9.37 Å². The van der Waals surface area contributed by atoms with Gasteiger partial charge in [0.25, 0.3) is 0 Å². The summed E-state index contributed by atoms with van der Waals surface area (Å²) in [7, 11) is 0. The zero-order chi connectivity index (χ0) is 12.7. The van der Waals surface area contributed by atoms with E-state index in [2.05, 4.69) is 25.9 Å². The average Bonchev–Trinajstić information content (AvgIpc) is 2.75. The number of H-pyrrole nitrogens is 1. The van der Waals surface area contributed by atoms with Crippen LogP contribution in [0.5, 0.6) is 0 Å². The SMILES string of the molecule is Nc1c(Br)cccc1-c1nc2ccc(F)cc2[nH]1. The molecular weight excluding hydrogens is 297 g/mol. The molecular formula is C13H9BrFN3.